The third kappa shape index (κ3) is 2.40. The molecule has 2 radical (unpaired) electrons. The van der Waals surface area contributed by atoms with Crippen molar-refractivity contribution in [3.8, 4) is 0 Å². The fourth-order valence-corrected chi connectivity index (χ4v) is 0.510. The van der Waals surface area contributed by atoms with E-state index in [0.717, 1.165) is 13.2 Å². The van der Waals surface area contributed by atoms with Crippen molar-refractivity contribution < 1.29 is 4.74 Å². The first kappa shape index (κ1) is 7.22. The molecule has 1 aliphatic rings. The number of hydrogen-bond acceptors (Lipinski definition) is 1. The molecule has 0 aliphatic carbocycles. The molecule has 0 saturated carbocycles. The van der Waals surface area contributed by atoms with Gasteiger partial charge in [0, 0.05) is 51.0 Å². The van der Waals surface area contributed by atoms with E-state index in [2.05, 4.69) is 0 Å². The molecule has 0 amide bonds. The van der Waals surface area contributed by atoms with Crippen LogP contribution in [0.1, 0.15) is 12.8 Å². The van der Waals surface area contributed by atoms with Crippen LogP contribution in [0.2, 0.25) is 0 Å². The summed E-state index contributed by atoms with van der Waals surface area (Å²) in [6, 6.07) is 0. The summed E-state index contributed by atoms with van der Waals surface area (Å²) in [6.07, 6.45) is 2.56. The van der Waals surface area contributed by atoms with E-state index in [0.29, 0.717) is 0 Å². The van der Waals surface area contributed by atoms with Crippen molar-refractivity contribution >= 4 is 37.7 Å². The van der Waals surface area contributed by atoms with Crippen LogP contribution in [0.15, 0.2) is 0 Å². The minimum Gasteiger partial charge on any atom is -0.381 e. The van der Waals surface area contributed by atoms with E-state index in [1.807, 2.05) is 0 Å². The minimum absolute atomic E-state index is 0. The van der Waals surface area contributed by atoms with Crippen molar-refractivity contribution in [1.82, 2.24) is 0 Å². The van der Waals surface area contributed by atoms with Crippen LogP contribution in [0.25, 0.3) is 0 Å². The van der Waals surface area contributed by atoms with Crippen LogP contribution >= 0.6 is 0 Å². The Bertz CT molecular complexity index is 19.1. The largest absolute Gasteiger partial charge is 0.381 e. The average Bonchev–Trinajstić information content (AvgIpc) is 1.76. The van der Waals surface area contributed by atoms with Crippen molar-refractivity contribution in [3.63, 3.8) is 0 Å². The summed E-state index contributed by atoms with van der Waals surface area (Å²) in [6.45, 7) is 2.00. The van der Waals surface area contributed by atoms with Gasteiger partial charge in [-0.25, -0.2) is 0 Å². The van der Waals surface area contributed by atoms with Crippen LogP contribution < -0.4 is 0 Å². The maximum absolute atomic E-state index is 4.94. The third-order valence-electron chi connectivity index (χ3n) is 0.827. The van der Waals surface area contributed by atoms with Gasteiger partial charge in [0.2, 0.25) is 0 Å². The summed E-state index contributed by atoms with van der Waals surface area (Å²) in [5, 5.41) is 0. The molecule has 0 aromatic carbocycles. The van der Waals surface area contributed by atoms with E-state index in [1.165, 1.54) is 12.8 Å². The molecule has 0 aromatic rings. The molecular formula is C4H8CaO. The van der Waals surface area contributed by atoms with Crippen LogP contribution in [-0.4, -0.2) is 51.0 Å². The summed E-state index contributed by atoms with van der Waals surface area (Å²) < 4.78 is 4.94. The fourth-order valence-electron chi connectivity index (χ4n) is 0.510. The minimum atomic E-state index is 0. The maximum atomic E-state index is 4.94. The second kappa shape index (κ2) is 4.38. The van der Waals surface area contributed by atoms with Gasteiger partial charge >= 0.3 is 0 Å². The Labute approximate surface area is 68.1 Å². The molecule has 32 valence electrons. The molecule has 1 rings (SSSR count). The monoisotopic (exact) mass is 112 g/mol. The van der Waals surface area contributed by atoms with Crippen LogP contribution in [0, 0.1) is 0 Å². The standard InChI is InChI=1S/C4H8O.Ca/c1-2-4-5-3-1;/h1-4H2;. The number of hydrogen-bond donors (Lipinski definition) is 0. The van der Waals surface area contributed by atoms with Gasteiger partial charge in [-0.2, -0.15) is 0 Å². The van der Waals surface area contributed by atoms with Gasteiger partial charge in [0.05, 0.1) is 0 Å². The Balaban J connectivity index is 0.000000250. The molecule has 0 atom stereocenters. The summed E-state index contributed by atoms with van der Waals surface area (Å²) in [7, 11) is 0. The normalized spacial score (nSPS) is 20.0. The Morgan fingerprint density at radius 2 is 1.50 bits per heavy atom. The van der Waals surface area contributed by atoms with E-state index < -0.39 is 0 Å². The Morgan fingerprint density at radius 1 is 1.00 bits per heavy atom. The van der Waals surface area contributed by atoms with E-state index >= 15 is 0 Å². The van der Waals surface area contributed by atoms with Crippen LogP contribution in [0.3, 0.4) is 0 Å². The van der Waals surface area contributed by atoms with Crippen LogP contribution in [0.4, 0.5) is 0 Å². The molecule has 0 bridgehead atoms. The van der Waals surface area contributed by atoms with Gasteiger partial charge in [-0.3, -0.25) is 0 Å². The first-order valence-electron chi connectivity index (χ1n) is 2.08. The molecule has 6 heavy (non-hydrogen) atoms. The molecule has 2 heteroatoms. The molecule has 1 saturated heterocycles. The molecule has 0 N–H and O–H groups in total. The second-order valence-corrected chi connectivity index (χ2v) is 1.32. The first-order valence-corrected chi connectivity index (χ1v) is 2.08. The average molecular weight is 112 g/mol. The first-order chi connectivity index (χ1) is 2.50. The van der Waals surface area contributed by atoms with Gasteiger partial charge in [-0.15, -0.1) is 0 Å². The zero-order valence-electron chi connectivity index (χ0n) is 3.94. The SMILES string of the molecule is C1CCOC1.[Ca]. The summed E-state index contributed by atoms with van der Waals surface area (Å²) in [5.74, 6) is 0. The molecule has 0 unspecified atom stereocenters. The third-order valence-corrected chi connectivity index (χ3v) is 0.827. The Morgan fingerprint density at radius 3 is 1.67 bits per heavy atom. The molecule has 0 aromatic heterocycles. The molecule has 1 nitrogen and oxygen atoms in total. The van der Waals surface area contributed by atoms with Crippen molar-refractivity contribution in [3.05, 3.63) is 0 Å². The van der Waals surface area contributed by atoms with Gasteiger partial charge in [-0.1, -0.05) is 0 Å². The summed E-state index contributed by atoms with van der Waals surface area (Å²) in [4.78, 5) is 0. The summed E-state index contributed by atoms with van der Waals surface area (Å²) in [5.41, 5.74) is 0. The van der Waals surface area contributed by atoms with Crippen molar-refractivity contribution in [1.29, 1.82) is 0 Å². The van der Waals surface area contributed by atoms with Gasteiger partial charge in [0.15, 0.2) is 0 Å². The quantitative estimate of drug-likeness (QED) is 0.412. The van der Waals surface area contributed by atoms with E-state index in [9.17, 15) is 0 Å². The van der Waals surface area contributed by atoms with Crippen molar-refractivity contribution in [2.45, 2.75) is 12.8 Å². The molecule has 1 fully saturated rings. The second-order valence-electron chi connectivity index (χ2n) is 1.32. The zero-order chi connectivity index (χ0) is 3.54. The van der Waals surface area contributed by atoms with Crippen LogP contribution in [0.5, 0.6) is 0 Å². The van der Waals surface area contributed by atoms with Crippen molar-refractivity contribution in [2.75, 3.05) is 13.2 Å². The molecule has 1 heterocycles. The number of rotatable bonds is 0. The van der Waals surface area contributed by atoms with Gasteiger partial charge in [0.25, 0.3) is 0 Å². The number of ether oxygens (including phenoxy) is 1. The zero-order valence-corrected chi connectivity index (χ0v) is 6.15. The smallest absolute Gasteiger partial charge is 0.0466 e. The Hall–Kier alpha value is 1.22. The van der Waals surface area contributed by atoms with E-state index in [1.54, 1.807) is 0 Å². The predicted molar refractivity (Wildman–Crippen MR) is 25.8 cm³/mol. The molecule has 1 aliphatic heterocycles. The van der Waals surface area contributed by atoms with Gasteiger partial charge < -0.3 is 4.74 Å². The van der Waals surface area contributed by atoms with Crippen molar-refractivity contribution in [2.24, 2.45) is 0 Å². The molecule has 0 spiro atoms. The van der Waals surface area contributed by atoms with Gasteiger partial charge in [0.1, 0.15) is 0 Å². The van der Waals surface area contributed by atoms with E-state index in [4.69, 9.17) is 4.74 Å². The van der Waals surface area contributed by atoms with E-state index in [-0.39, 0.29) is 37.7 Å². The molecular weight excluding hydrogens is 104 g/mol. The predicted octanol–water partition coefficient (Wildman–Crippen LogP) is 0.416. The Kier molecular flexibility index (Phi) is 5.27. The summed E-state index contributed by atoms with van der Waals surface area (Å²) >= 11 is 0. The van der Waals surface area contributed by atoms with Crippen LogP contribution in [-0.2, 0) is 4.74 Å². The fraction of sp³-hybridized carbons (Fsp3) is 1.00. The maximum Gasteiger partial charge on any atom is 0.0466 e. The van der Waals surface area contributed by atoms with Gasteiger partial charge in [-0.05, 0) is 12.8 Å². The topological polar surface area (TPSA) is 9.23 Å².